The molecule has 4 rings (SSSR count). The highest BCUT2D eigenvalue weighted by Crippen LogP contribution is 2.44. The van der Waals surface area contributed by atoms with Gasteiger partial charge in [-0.3, -0.25) is 4.90 Å². The van der Waals surface area contributed by atoms with Gasteiger partial charge in [-0.1, -0.05) is 24.6 Å². The normalized spacial score (nSPS) is 18.0. The minimum atomic E-state index is -1.02. The van der Waals surface area contributed by atoms with E-state index in [1.165, 1.54) is 0 Å². The van der Waals surface area contributed by atoms with Crippen LogP contribution < -0.4 is 21.1 Å². The summed E-state index contributed by atoms with van der Waals surface area (Å²) < 4.78 is 5.25. The Hall–Kier alpha value is -3.55. The summed E-state index contributed by atoms with van der Waals surface area (Å²) in [5.41, 5.74) is 13.8. The first-order chi connectivity index (χ1) is 14.4. The topological polar surface area (TPSA) is 127 Å². The number of carbonyl (C=O) groups is 1. The third-order valence-electron chi connectivity index (χ3n) is 5.74. The van der Waals surface area contributed by atoms with Crippen LogP contribution in [0.4, 0.5) is 5.69 Å². The number of guanidine groups is 2. The maximum atomic E-state index is 12.1. The SMILES string of the molecule is COc1ccc(-c2c(C(=O)O)cccc2N2C(N)=NC(N)=NC23CCCCC3)cc1. The van der Waals surface area contributed by atoms with E-state index in [1.807, 2.05) is 23.1 Å². The number of aliphatic imine (C=N–C) groups is 2. The van der Waals surface area contributed by atoms with Crippen molar-refractivity contribution in [2.75, 3.05) is 12.0 Å². The van der Waals surface area contributed by atoms with Crippen LogP contribution in [0.25, 0.3) is 11.1 Å². The number of methoxy groups -OCH3 is 1. The quantitative estimate of drug-likeness (QED) is 0.714. The number of benzene rings is 2. The number of nitrogens with two attached hydrogens (primary N) is 2. The first-order valence-corrected chi connectivity index (χ1v) is 9.96. The molecule has 5 N–H and O–H groups in total. The van der Waals surface area contributed by atoms with Gasteiger partial charge in [-0.2, -0.15) is 4.99 Å². The van der Waals surface area contributed by atoms with Crippen LogP contribution in [0, 0.1) is 0 Å². The van der Waals surface area contributed by atoms with Gasteiger partial charge in [0.1, 0.15) is 11.4 Å². The fourth-order valence-corrected chi connectivity index (χ4v) is 4.44. The lowest BCUT2D eigenvalue weighted by atomic mass is 9.86. The maximum absolute atomic E-state index is 12.1. The van der Waals surface area contributed by atoms with Crippen LogP contribution in [0.1, 0.15) is 42.5 Å². The molecule has 0 bridgehead atoms. The number of anilines is 1. The van der Waals surface area contributed by atoms with Crippen molar-refractivity contribution in [3.63, 3.8) is 0 Å². The molecule has 30 heavy (non-hydrogen) atoms. The molecule has 2 aromatic carbocycles. The molecule has 1 saturated carbocycles. The van der Waals surface area contributed by atoms with Crippen molar-refractivity contribution in [2.24, 2.45) is 21.5 Å². The molecule has 1 fully saturated rings. The Morgan fingerprint density at radius 3 is 2.43 bits per heavy atom. The van der Waals surface area contributed by atoms with E-state index in [0.717, 1.165) is 37.7 Å². The van der Waals surface area contributed by atoms with Gasteiger partial charge in [0.15, 0.2) is 0 Å². The third kappa shape index (κ3) is 3.34. The van der Waals surface area contributed by atoms with Crippen LogP contribution in [0.5, 0.6) is 5.75 Å². The number of aromatic carboxylic acids is 1. The summed E-state index contributed by atoms with van der Waals surface area (Å²) >= 11 is 0. The Morgan fingerprint density at radius 2 is 1.80 bits per heavy atom. The van der Waals surface area contributed by atoms with E-state index in [9.17, 15) is 9.90 Å². The van der Waals surface area contributed by atoms with Crippen molar-refractivity contribution in [2.45, 2.75) is 37.8 Å². The first kappa shape index (κ1) is 19.8. The lowest BCUT2D eigenvalue weighted by molar-refractivity contribution is 0.0697. The molecular weight excluding hydrogens is 382 g/mol. The molecule has 0 aromatic heterocycles. The minimum absolute atomic E-state index is 0.158. The predicted octanol–water partition coefficient (Wildman–Crippen LogP) is 3.17. The summed E-state index contributed by atoms with van der Waals surface area (Å²) in [5.74, 6) is 0.0527. The van der Waals surface area contributed by atoms with Crippen LogP contribution in [-0.4, -0.2) is 35.8 Å². The fraction of sp³-hybridized carbons (Fsp3) is 0.318. The maximum Gasteiger partial charge on any atom is 0.336 e. The summed E-state index contributed by atoms with van der Waals surface area (Å²) in [5, 5.41) is 9.91. The fourth-order valence-electron chi connectivity index (χ4n) is 4.44. The Balaban J connectivity index is 1.94. The molecule has 8 heteroatoms. The van der Waals surface area contributed by atoms with Gasteiger partial charge in [-0.25, -0.2) is 9.79 Å². The zero-order chi connectivity index (χ0) is 21.3. The van der Waals surface area contributed by atoms with Crippen LogP contribution in [0.2, 0.25) is 0 Å². The highest BCUT2D eigenvalue weighted by molar-refractivity contribution is 6.10. The average Bonchev–Trinajstić information content (AvgIpc) is 2.73. The number of carboxylic acids is 1. The highest BCUT2D eigenvalue weighted by Gasteiger charge is 2.43. The Morgan fingerprint density at radius 1 is 1.10 bits per heavy atom. The number of carboxylic acid groups (broad SMARTS) is 1. The number of hydrogen-bond acceptors (Lipinski definition) is 7. The van der Waals surface area contributed by atoms with Gasteiger partial charge in [0.25, 0.3) is 0 Å². The molecule has 0 amide bonds. The van der Waals surface area contributed by atoms with Gasteiger partial charge >= 0.3 is 5.97 Å². The number of rotatable bonds is 4. The summed E-state index contributed by atoms with van der Waals surface area (Å²) in [6, 6.07) is 12.5. The van der Waals surface area contributed by atoms with Crippen LogP contribution in [0.3, 0.4) is 0 Å². The Kier molecular flexibility index (Phi) is 5.07. The minimum Gasteiger partial charge on any atom is -0.497 e. The van der Waals surface area contributed by atoms with Gasteiger partial charge in [0.05, 0.1) is 18.4 Å². The molecule has 8 nitrogen and oxygen atoms in total. The molecule has 0 unspecified atom stereocenters. The molecule has 2 aromatic rings. The van der Waals surface area contributed by atoms with Gasteiger partial charge in [0, 0.05) is 5.56 Å². The molecule has 0 saturated heterocycles. The highest BCUT2D eigenvalue weighted by atomic mass is 16.5. The zero-order valence-electron chi connectivity index (χ0n) is 16.8. The summed E-state index contributed by atoms with van der Waals surface area (Å²) in [4.78, 5) is 22.9. The summed E-state index contributed by atoms with van der Waals surface area (Å²) in [7, 11) is 1.59. The van der Waals surface area contributed by atoms with Crippen molar-refractivity contribution in [1.29, 1.82) is 0 Å². The number of hydrogen-bond donors (Lipinski definition) is 3. The monoisotopic (exact) mass is 407 g/mol. The molecule has 1 spiro atoms. The number of ether oxygens (including phenoxy) is 1. The second-order valence-corrected chi connectivity index (χ2v) is 7.55. The Bertz CT molecular complexity index is 1020. The second kappa shape index (κ2) is 7.70. The van der Waals surface area contributed by atoms with Crippen molar-refractivity contribution < 1.29 is 14.6 Å². The smallest absolute Gasteiger partial charge is 0.336 e. The molecular formula is C22H25N5O3. The van der Waals surface area contributed by atoms with Crippen LogP contribution in [-0.2, 0) is 0 Å². The van der Waals surface area contributed by atoms with Crippen LogP contribution >= 0.6 is 0 Å². The van der Waals surface area contributed by atoms with E-state index < -0.39 is 11.6 Å². The molecule has 2 aliphatic rings. The molecule has 0 atom stereocenters. The molecule has 0 radical (unpaired) electrons. The zero-order valence-corrected chi connectivity index (χ0v) is 16.8. The lowest BCUT2D eigenvalue weighted by Crippen LogP contribution is -2.58. The van der Waals surface area contributed by atoms with Gasteiger partial charge in [-0.15, -0.1) is 0 Å². The van der Waals surface area contributed by atoms with Crippen LogP contribution in [0.15, 0.2) is 52.4 Å². The van der Waals surface area contributed by atoms with Gasteiger partial charge < -0.3 is 21.3 Å². The van der Waals surface area contributed by atoms with E-state index in [0.29, 0.717) is 17.0 Å². The summed E-state index contributed by atoms with van der Waals surface area (Å²) in [6.07, 6.45) is 4.61. The average molecular weight is 407 g/mol. The van der Waals surface area contributed by atoms with E-state index in [1.54, 1.807) is 31.4 Å². The predicted molar refractivity (Wildman–Crippen MR) is 117 cm³/mol. The van der Waals surface area contributed by atoms with E-state index in [-0.39, 0.29) is 17.5 Å². The van der Waals surface area contributed by atoms with Crippen molar-refractivity contribution in [1.82, 2.24) is 0 Å². The van der Waals surface area contributed by atoms with Crippen molar-refractivity contribution in [3.05, 3.63) is 48.0 Å². The van der Waals surface area contributed by atoms with Gasteiger partial charge in [-0.05, 0) is 55.5 Å². The number of nitrogens with zero attached hydrogens (tertiary/aromatic N) is 3. The van der Waals surface area contributed by atoms with E-state index in [4.69, 9.17) is 21.2 Å². The van der Waals surface area contributed by atoms with Gasteiger partial charge in [0.2, 0.25) is 11.9 Å². The molecule has 156 valence electrons. The standard InChI is InChI=1S/C22H25N5O3/c1-30-15-10-8-14(9-11-15)18-16(19(28)29)6-5-7-17(18)27-21(24)25-20(23)26-22(27)12-3-2-4-13-22/h5-11H,2-4,12-13H2,1H3,(H,28,29)(H4,23,24,25,26). The third-order valence-corrected chi connectivity index (χ3v) is 5.74. The largest absolute Gasteiger partial charge is 0.497 e. The Labute approximate surface area is 174 Å². The van der Waals surface area contributed by atoms with Crippen molar-refractivity contribution in [3.8, 4) is 16.9 Å². The molecule has 1 aliphatic heterocycles. The van der Waals surface area contributed by atoms with E-state index in [2.05, 4.69) is 4.99 Å². The van der Waals surface area contributed by atoms with E-state index >= 15 is 0 Å². The first-order valence-electron chi connectivity index (χ1n) is 9.96. The summed E-state index contributed by atoms with van der Waals surface area (Å²) in [6.45, 7) is 0. The van der Waals surface area contributed by atoms with Crippen molar-refractivity contribution >= 4 is 23.6 Å². The lowest BCUT2D eigenvalue weighted by Gasteiger charge is -2.46. The molecule has 1 aliphatic carbocycles. The second-order valence-electron chi connectivity index (χ2n) is 7.55. The molecule has 1 heterocycles.